The van der Waals surface area contributed by atoms with Crippen LogP contribution in [0.1, 0.15) is 32.1 Å². The lowest BCUT2D eigenvalue weighted by Gasteiger charge is -2.30. The number of carbonyl (C=O) groups is 1. The lowest BCUT2D eigenvalue weighted by molar-refractivity contribution is 0.0865. The Morgan fingerprint density at radius 1 is 1.25 bits per heavy atom. The molecule has 5 nitrogen and oxygen atoms in total. The summed E-state index contributed by atoms with van der Waals surface area (Å²) in [6.45, 7) is 3.84. The molecule has 0 radical (unpaired) electrons. The first-order valence-corrected chi connectivity index (χ1v) is 9.96. The van der Waals surface area contributed by atoms with Crippen LogP contribution in [-0.2, 0) is 13.1 Å². The summed E-state index contributed by atoms with van der Waals surface area (Å²) in [5.74, 6) is 1.73. The van der Waals surface area contributed by atoms with Crippen LogP contribution in [0, 0.1) is 6.92 Å². The molecule has 140 valence electrons. The zero-order chi connectivity index (χ0) is 19.1. The molecular formula is C22H18N2O3S. The number of Topliss-reactive ketones (excluding diaryl/α,β-unsaturated/α-hetero) is 1. The van der Waals surface area contributed by atoms with E-state index in [1.807, 2.05) is 48.7 Å². The largest absolute Gasteiger partial charge is 0.477 e. The highest BCUT2D eigenvalue weighted by Gasteiger charge is 2.33. The molecule has 2 aliphatic heterocycles. The van der Waals surface area contributed by atoms with E-state index in [-0.39, 0.29) is 5.78 Å². The molecule has 0 fully saturated rings. The van der Waals surface area contributed by atoms with Gasteiger partial charge in [0.05, 0.1) is 11.3 Å². The van der Waals surface area contributed by atoms with E-state index in [1.54, 1.807) is 23.6 Å². The third kappa shape index (κ3) is 3.00. The maximum atomic E-state index is 12.9. The number of benzene rings is 1. The monoisotopic (exact) mass is 390 g/mol. The number of pyridine rings is 1. The van der Waals surface area contributed by atoms with E-state index in [0.29, 0.717) is 36.9 Å². The molecule has 2 aromatic heterocycles. The normalized spacial score (nSPS) is 17.2. The number of aromatic nitrogens is 1. The van der Waals surface area contributed by atoms with Gasteiger partial charge in [-0.25, -0.2) is 0 Å². The Morgan fingerprint density at radius 2 is 2.18 bits per heavy atom. The summed E-state index contributed by atoms with van der Waals surface area (Å²) in [6.07, 6.45) is 3.60. The molecule has 0 bridgehead atoms. The second-order valence-corrected chi connectivity index (χ2v) is 7.88. The van der Waals surface area contributed by atoms with Gasteiger partial charge in [0.15, 0.2) is 5.76 Å². The molecular weight excluding hydrogens is 372 g/mol. The highest BCUT2D eigenvalue weighted by molar-refractivity contribution is 7.10. The van der Waals surface area contributed by atoms with Gasteiger partial charge >= 0.3 is 0 Å². The molecule has 1 aromatic carbocycles. The highest BCUT2D eigenvalue weighted by atomic mass is 32.1. The van der Waals surface area contributed by atoms with Gasteiger partial charge in [-0.1, -0.05) is 12.1 Å². The Hall–Kier alpha value is -2.96. The van der Waals surface area contributed by atoms with Crippen molar-refractivity contribution in [3.8, 4) is 11.5 Å². The molecule has 28 heavy (non-hydrogen) atoms. The Balaban J connectivity index is 1.44. The maximum Gasteiger partial charge on any atom is 0.232 e. The van der Waals surface area contributed by atoms with Crippen molar-refractivity contribution in [2.45, 2.75) is 20.0 Å². The van der Waals surface area contributed by atoms with Crippen molar-refractivity contribution in [2.75, 3.05) is 6.73 Å². The zero-order valence-electron chi connectivity index (χ0n) is 15.3. The minimum absolute atomic E-state index is 0.0730. The Bertz CT molecular complexity index is 1070. The zero-order valence-corrected chi connectivity index (χ0v) is 16.2. The number of hydrogen-bond acceptors (Lipinski definition) is 6. The van der Waals surface area contributed by atoms with Crippen LogP contribution in [0.4, 0.5) is 0 Å². The number of nitrogens with zero attached hydrogens (tertiary/aromatic N) is 2. The number of ketones is 1. The highest BCUT2D eigenvalue weighted by Crippen LogP contribution is 2.43. The summed E-state index contributed by atoms with van der Waals surface area (Å²) < 4.78 is 12.0. The molecule has 4 heterocycles. The first-order chi connectivity index (χ1) is 13.7. The lowest BCUT2D eigenvalue weighted by atomic mass is 10.00. The molecule has 5 rings (SSSR count). The number of carbonyl (C=O) groups excluding carboxylic acids is 1. The molecule has 0 atom stereocenters. The van der Waals surface area contributed by atoms with Crippen LogP contribution in [0.5, 0.6) is 11.5 Å². The fourth-order valence-electron chi connectivity index (χ4n) is 3.62. The second-order valence-electron chi connectivity index (χ2n) is 6.90. The van der Waals surface area contributed by atoms with Crippen LogP contribution in [-0.4, -0.2) is 22.4 Å². The van der Waals surface area contributed by atoms with Crippen molar-refractivity contribution < 1.29 is 14.3 Å². The van der Waals surface area contributed by atoms with Crippen molar-refractivity contribution in [1.29, 1.82) is 0 Å². The molecule has 6 heteroatoms. The van der Waals surface area contributed by atoms with E-state index in [9.17, 15) is 4.79 Å². The SMILES string of the molecule is Cc1c2c(cc3c1O/C(=C/c1cccs1)C3=O)CN(Cc1ccccn1)CO2. The summed E-state index contributed by atoms with van der Waals surface area (Å²) in [7, 11) is 0. The van der Waals surface area contributed by atoms with E-state index in [2.05, 4.69) is 9.88 Å². The summed E-state index contributed by atoms with van der Waals surface area (Å²) in [5.41, 5.74) is 3.50. The molecule has 0 spiro atoms. The molecule has 0 saturated heterocycles. The number of thiophene rings is 1. The number of fused-ring (bicyclic) bond motifs is 2. The van der Waals surface area contributed by atoms with Gasteiger partial charge in [0.25, 0.3) is 0 Å². The van der Waals surface area contributed by atoms with Gasteiger partial charge in [-0.15, -0.1) is 11.3 Å². The Kier molecular flexibility index (Phi) is 4.22. The van der Waals surface area contributed by atoms with Crippen molar-refractivity contribution in [3.05, 3.63) is 81.0 Å². The summed E-state index contributed by atoms with van der Waals surface area (Å²) in [5, 5.41) is 1.98. The van der Waals surface area contributed by atoms with Gasteiger partial charge in [-0.05, 0) is 36.6 Å². The molecule has 0 amide bonds. The van der Waals surface area contributed by atoms with E-state index in [0.717, 1.165) is 27.4 Å². The quantitative estimate of drug-likeness (QED) is 0.620. The van der Waals surface area contributed by atoms with Crippen LogP contribution < -0.4 is 9.47 Å². The van der Waals surface area contributed by atoms with Gasteiger partial charge in [0, 0.05) is 41.4 Å². The average molecular weight is 390 g/mol. The third-order valence-electron chi connectivity index (χ3n) is 4.93. The first-order valence-electron chi connectivity index (χ1n) is 9.08. The summed E-state index contributed by atoms with van der Waals surface area (Å²) in [4.78, 5) is 20.4. The van der Waals surface area contributed by atoms with Crippen LogP contribution >= 0.6 is 11.3 Å². The second kappa shape index (κ2) is 6.89. The smallest absolute Gasteiger partial charge is 0.232 e. The lowest BCUT2D eigenvalue weighted by Crippen LogP contribution is -2.32. The van der Waals surface area contributed by atoms with Crippen molar-refractivity contribution in [2.24, 2.45) is 0 Å². The van der Waals surface area contributed by atoms with Gasteiger partial charge in [0.2, 0.25) is 5.78 Å². The van der Waals surface area contributed by atoms with Gasteiger partial charge in [0.1, 0.15) is 18.2 Å². The average Bonchev–Trinajstić information content (AvgIpc) is 3.32. The van der Waals surface area contributed by atoms with E-state index >= 15 is 0 Å². The number of rotatable bonds is 3. The Labute approximate surface area is 166 Å². The van der Waals surface area contributed by atoms with Crippen LogP contribution in [0.15, 0.2) is 53.7 Å². The predicted octanol–water partition coefficient (Wildman–Crippen LogP) is 4.42. The molecule has 0 aliphatic carbocycles. The predicted molar refractivity (Wildman–Crippen MR) is 107 cm³/mol. The topological polar surface area (TPSA) is 51.7 Å². The first kappa shape index (κ1) is 17.2. The summed E-state index contributed by atoms with van der Waals surface area (Å²) >= 11 is 1.58. The van der Waals surface area contributed by atoms with Crippen LogP contribution in [0.2, 0.25) is 0 Å². The molecule has 0 unspecified atom stereocenters. The van der Waals surface area contributed by atoms with Crippen molar-refractivity contribution in [3.63, 3.8) is 0 Å². The van der Waals surface area contributed by atoms with Gasteiger partial charge in [-0.2, -0.15) is 0 Å². The number of ether oxygens (including phenoxy) is 2. The maximum absolute atomic E-state index is 12.9. The fraction of sp³-hybridized carbons (Fsp3) is 0.182. The molecule has 0 N–H and O–H groups in total. The Morgan fingerprint density at radius 3 is 2.96 bits per heavy atom. The summed E-state index contributed by atoms with van der Waals surface area (Å²) in [6, 6.07) is 11.7. The fourth-order valence-corrected chi connectivity index (χ4v) is 4.27. The van der Waals surface area contributed by atoms with Crippen molar-refractivity contribution in [1.82, 2.24) is 9.88 Å². The standard InChI is InChI=1S/C22H18N2O3S/c1-14-21-15(11-24(13-26-21)12-16-5-2-3-7-23-16)9-18-20(25)19(27-22(14)18)10-17-6-4-8-28-17/h2-10H,11-13H2,1H3/b19-10+. The number of hydrogen-bond donors (Lipinski definition) is 0. The van der Waals surface area contributed by atoms with E-state index in [1.165, 1.54) is 0 Å². The third-order valence-corrected chi connectivity index (χ3v) is 5.75. The molecule has 2 aliphatic rings. The number of allylic oxidation sites excluding steroid dienone is 1. The van der Waals surface area contributed by atoms with Crippen LogP contribution in [0.25, 0.3) is 6.08 Å². The van der Waals surface area contributed by atoms with E-state index < -0.39 is 0 Å². The minimum Gasteiger partial charge on any atom is -0.477 e. The minimum atomic E-state index is -0.0730. The van der Waals surface area contributed by atoms with Gasteiger partial charge < -0.3 is 9.47 Å². The molecule has 0 saturated carbocycles. The van der Waals surface area contributed by atoms with Gasteiger partial charge in [-0.3, -0.25) is 14.7 Å². The van der Waals surface area contributed by atoms with Crippen LogP contribution in [0.3, 0.4) is 0 Å². The van der Waals surface area contributed by atoms with E-state index in [4.69, 9.17) is 9.47 Å². The van der Waals surface area contributed by atoms with Crippen molar-refractivity contribution >= 4 is 23.2 Å². The molecule has 3 aromatic rings.